The molecule has 0 atom stereocenters. The fourth-order valence-corrected chi connectivity index (χ4v) is 3.08. The molecule has 0 spiro atoms. The number of alkyl halides is 1. The number of aryl methyl sites for hydroxylation is 2. The number of hydrogen-bond acceptors (Lipinski definition) is 1. The summed E-state index contributed by atoms with van der Waals surface area (Å²) < 4.78 is 14.2. The first-order valence-electron chi connectivity index (χ1n) is 9.78. The summed E-state index contributed by atoms with van der Waals surface area (Å²) in [4.78, 5) is 4.57. The Morgan fingerprint density at radius 3 is 2.21 bits per heavy atom. The lowest BCUT2D eigenvalue weighted by Crippen LogP contribution is -2.13. The van der Waals surface area contributed by atoms with E-state index in [1.165, 1.54) is 11.1 Å². The first-order chi connectivity index (χ1) is 13.2. The zero-order valence-corrected chi connectivity index (χ0v) is 18.3. The third-order valence-corrected chi connectivity index (χ3v) is 4.76. The Hall–Kier alpha value is -2.48. The molecule has 0 saturated carbocycles. The number of hydrogen-bond donors (Lipinski definition) is 0. The lowest BCUT2D eigenvalue weighted by Gasteiger charge is -2.15. The largest absolute Gasteiger partial charge is 0.253 e. The van der Waals surface area contributed by atoms with Gasteiger partial charge in [0.1, 0.15) is 5.67 Å². The summed E-state index contributed by atoms with van der Waals surface area (Å²) in [5.41, 5.74) is 5.80. The SMILES string of the molecule is C=C/C(=C\c1c(C)cc(C)nc1C=C)CCC(/C=C\C(=C/C)C(C)(C)F)=C/C. The smallest absolute Gasteiger partial charge is 0.130 e. The fourth-order valence-electron chi connectivity index (χ4n) is 3.08. The third-order valence-electron chi connectivity index (χ3n) is 4.76. The van der Waals surface area contributed by atoms with Crippen LogP contribution in [0.5, 0.6) is 0 Å². The van der Waals surface area contributed by atoms with Crippen molar-refractivity contribution in [1.82, 2.24) is 4.98 Å². The fraction of sp³-hybridized carbons (Fsp3) is 0.346. The number of nitrogens with zero attached hydrogens (tertiary/aromatic N) is 1. The van der Waals surface area contributed by atoms with Crippen LogP contribution in [0.15, 0.2) is 66.3 Å². The van der Waals surface area contributed by atoms with E-state index in [0.29, 0.717) is 5.57 Å². The standard InChI is InChI=1S/C26H34FN/c1-9-21(15-16-23(11-3)26(7,8)27)13-14-22(10-2)18-24-19(5)17-20(6)28-25(24)12-4/h9-12,15-18H,2,4,13-14H2,1,3,5-8H3/b16-15-,21-9-,22-18+,23-11+. The molecule has 150 valence electrons. The predicted molar refractivity (Wildman–Crippen MR) is 123 cm³/mol. The Morgan fingerprint density at radius 1 is 1.07 bits per heavy atom. The molecule has 1 rings (SSSR count). The molecule has 0 N–H and O–H groups in total. The average Bonchev–Trinajstić information content (AvgIpc) is 2.63. The van der Waals surface area contributed by atoms with Crippen molar-refractivity contribution >= 4 is 12.2 Å². The maximum absolute atomic E-state index is 14.2. The molecule has 0 aliphatic rings. The van der Waals surface area contributed by atoms with Crippen molar-refractivity contribution in [1.29, 1.82) is 0 Å². The van der Waals surface area contributed by atoms with Gasteiger partial charge < -0.3 is 0 Å². The number of aromatic nitrogens is 1. The van der Waals surface area contributed by atoms with Crippen molar-refractivity contribution in [2.75, 3.05) is 0 Å². The van der Waals surface area contributed by atoms with Crippen molar-refractivity contribution in [2.24, 2.45) is 0 Å². The number of pyridine rings is 1. The summed E-state index contributed by atoms with van der Waals surface area (Å²) in [7, 11) is 0. The van der Waals surface area contributed by atoms with E-state index in [-0.39, 0.29) is 0 Å². The highest BCUT2D eigenvalue weighted by atomic mass is 19.1. The minimum absolute atomic E-state index is 0.684. The van der Waals surface area contributed by atoms with Crippen molar-refractivity contribution in [3.63, 3.8) is 0 Å². The first-order valence-corrected chi connectivity index (χ1v) is 9.78. The van der Waals surface area contributed by atoms with Crippen LogP contribution in [0.3, 0.4) is 0 Å². The molecule has 0 aromatic carbocycles. The molecule has 0 fully saturated rings. The predicted octanol–water partition coefficient (Wildman–Crippen LogP) is 7.89. The van der Waals surface area contributed by atoms with Gasteiger partial charge in [-0.05, 0) is 89.3 Å². The van der Waals surface area contributed by atoms with E-state index in [0.717, 1.165) is 35.4 Å². The molecule has 1 aromatic heterocycles. The average molecular weight is 380 g/mol. The third kappa shape index (κ3) is 6.92. The quantitative estimate of drug-likeness (QED) is 0.397. The highest BCUT2D eigenvalue weighted by molar-refractivity contribution is 5.67. The molecule has 0 unspecified atom stereocenters. The normalized spacial score (nSPS) is 13.9. The van der Waals surface area contributed by atoms with Gasteiger partial charge >= 0.3 is 0 Å². The van der Waals surface area contributed by atoms with Crippen molar-refractivity contribution in [3.05, 3.63) is 88.8 Å². The number of rotatable bonds is 9. The molecule has 0 aliphatic heterocycles. The van der Waals surface area contributed by atoms with Crippen LogP contribution in [0.25, 0.3) is 12.2 Å². The summed E-state index contributed by atoms with van der Waals surface area (Å²) in [6.07, 6.45) is 15.3. The van der Waals surface area contributed by atoms with Crippen molar-refractivity contribution in [3.8, 4) is 0 Å². The van der Waals surface area contributed by atoms with Gasteiger partial charge in [-0.1, -0.05) is 49.1 Å². The second kappa shape index (κ2) is 10.8. The van der Waals surface area contributed by atoms with Crippen LogP contribution in [0.2, 0.25) is 0 Å². The van der Waals surface area contributed by atoms with E-state index < -0.39 is 5.67 Å². The van der Waals surface area contributed by atoms with Crippen LogP contribution < -0.4 is 0 Å². The Morgan fingerprint density at radius 2 is 1.71 bits per heavy atom. The topological polar surface area (TPSA) is 12.9 Å². The van der Waals surface area contributed by atoms with Gasteiger partial charge in [0, 0.05) is 11.3 Å². The summed E-state index contributed by atoms with van der Waals surface area (Å²) in [5.74, 6) is 0. The molecule has 0 radical (unpaired) electrons. The van der Waals surface area contributed by atoms with E-state index in [1.807, 2.05) is 45.1 Å². The van der Waals surface area contributed by atoms with Gasteiger partial charge in [-0.25, -0.2) is 4.39 Å². The van der Waals surface area contributed by atoms with E-state index in [1.54, 1.807) is 19.9 Å². The Kier molecular flexibility index (Phi) is 9.05. The molecular formula is C26H34FN. The van der Waals surface area contributed by atoms with Gasteiger partial charge in [-0.2, -0.15) is 0 Å². The molecule has 0 aliphatic carbocycles. The second-order valence-electron chi connectivity index (χ2n) is 7.42. The summed E-state index contributed by atoms with van der Waals surface area (Å²) in [5, 5.41) is 0. The molecule has 1 heterocycles. The minimum Gasteiger partial charge on any atom is -0.253 e. The highest BCUT2D eigenvalue weighted by Gasteiger charge is 2.18. The van der Waals surface area contributed by atoms with E-state index in [4.69, 9.17) is 0 Å². The maximum atomic E-state index is 14.2. The van der Waals surface area contributed by atoms with Crippen LogP contribution in [0, 0.1) is 13.8 Å². The Labute approximate surface area is 170 Å². The molecular weight excluding hydrogens is 345 g/mol. The maximum Gasteiger partial charge on any atom is 0.130 e. The van der Waals surface area contributed by atoms with E-state index in [9.17, 15) is 4.39 Å². The lowest BCUT2D eigenvalue weighted by molar-refractivity contribution is 0.274. The van der Waals surface area contributed by atoms with Crippen LogP contribution in [-0.4, -0.2) is 10.7 Å². The van der Waals surface area contributed by atoms with Crippen LogP contribution in [0.4, 0.5) is 4.39 Å². The summed E-state index contributed by atoms with van der Waals surface area (Å²) in [6.45, 7) is 19.0. The van der Waals surface area contributed by atoms with Crippen LogP contribution in [0.1, 0.15) is 63.1 Å². The Bertz CT molecular complexity index is 827. The van der Waals surface area contributed by atoms with Crippen LogP contribution in [-0.2, 0) is 0 Å². The van der Waals surface area contributed by atoms with Gasteiger partial charge in [0.15, 0.2) is 0 Å². The van der Waals surface area contributed by atoms with Gasteiger partial charge in [0.2, 0.25) is 0 Å². The molecule has 0 amide bonds. The number of allylic oxidation sites excluding steroid dienone is 8. The molecule has 2 heteroatoms. The van der Waals surface area contributed by atoms with Gasteiger partial charge in [-0.15, -0.1) is 0 Å². The highest BCUT2D eigenvalue weighted by Crippen LogP contribution is 2.25. The molecule has 0 saturated heterocycles. The van der Waals surface area contributed by atoms with Crippen molar-refractivity contribution < 1.29 is 4.39 Å². The van der Waals surface area contributed by atoms with E-state index in [2.05, 4.69) is 43.3 Å². The van der Waals surface area contributed by atoms with Gasteiger partial charge in [0.05, 0.1) is 5.69 Å². The van der Waals surface area contributed by atoms with Crippen LogP contribution >= 0.6 is 0 Å². The molecule has 1 aromatic rings. The monoisotopic (exact) mass is 379 g/mol. The minimum atomic E-state index is -1.34. The van der Waals surface area contributed by atoms with Gasteiger partial charge in [-0.3, -0.25) is 4.98 Å². The first kappa shape index (κ1) is 23.6. The molecule has 0 bridgehead atoms. The lowest BCUT2D eigenvalue weighted by atomic mass is 9.96. The zero-order valence-electron chi connectivity index (χ0n) is 18.3. The molecule has 28 heavy (non-hydrogen) atoms. The summed E-state index contributed by atoms with van der Waals surface area (Å²) >= 11 is 0. The second-order valence-corrected chi connectivity index (χ2v) is 7.42. The van der Waals surface area contributed by atoms with Crippen molar-refractivity contribution in [2.45, 2.75) is 60.1 Å². The van der Waals surface area contributed by atoms with E-state index >= 15 is 0 Å². The summed E-state index contributed by atoms with van der Waals surface area (Å²) in [6, 6.07) is 2.08. The molecule has 1 nitrogen and oxygen atoms in total. The van der Waals surface area contributed by atoms with Gasteiger partial charge in [0.25, 0.3) is 0 Å². The number of halogens is 1. The zero-order chi connectivity index (χ0) is 21.3. The Balaban J connectivity index is 3.02.